The second-order valence-corrected chi connectivity index (χ2v) is 9.82. The summed E-state index contributed by atoms with van der Waals surface area (Å²) < 4.78 is 22.7. The summed E-state index contributed by atoms with van der Waals surface area (Å²) in [5, 5.41) is 14.4. The Labute approximate surface area is 210 Å². The van der Waals surface area contributed by atoms with Crippen molar-refractivity contribution < 1.29 is 23.8 Å². The highest BCUT2D eigenvalue weighted by molar-refractivity contribution is 6.03. The Balaban J connectivity index is 1.67. The topological polar surface area (TPSA) is 84.7 Å². The minimum Gasteiger partial charge on any atom is -0.478 e. The van der Waals surface area contributed by atoms with Crippen LogP contribution < -0.4 is 9.64 Å². The van der Waals surface area contributed by atoms with Gasteiger partial charge < -0.3 is 14.7 Å². The number of aromatic carboxylic acids is 1. The molecular weight excluding hydrogens is 461 g/mol. The third kappa shape index (κ3) is 5.27. The monoisotopic (exact) mass is 493 g/mol. The number of carboxylic acids is 1. The van der Waals surface area contributed by atoms with Crippen LogP contribution in [0.15, 0.2) is 48.7 Å². The Morgan fingerprint density at radius 2 is 1.78 bits per heavy atom. The van der Waals surface area contributed by atoms with Gasteiger partial charge >= 0.3 is 5.97 Å². The van der Waals surface area contributed by atoms with Crippen LogP contribution in [-0.2, 0) is 4.79 Å². The summed E-state index contributed by atoms with van der Waals surface area (Å²) >= 11 is 0. The van der Waals surface area contributed by atoms with Crippen LogP contribution in [0.1, 0.15) is 62.5 Å². The molecule has 4 rings (SSSR count). The molecular formula is C28H32FN3O4. The maximum Gasteiger partial charge on any atom is 0.337 e. The summed E-state index contributed by atoms with van der Waals surface area (Å²) in [6.45, 7) is 7.50. The van der Waals surface area contributed by atoms with E-state index in [1.54, 1.807) is 31.6 Å². The molecule has 0 spiro atoms. The van der Waals surface area contributed by atoms with E-state index in [4.69, 9.17) is 4.74 Å². The van der Waals surface area contributed by atoms with E-state index in [-0.39, 0.29) is 34.9 Å². The third-order valence-corrected chi connectivity index (χ3v) is 6.75. The molecule has 1 fully saturated rings. The zero-order valence-corrected chi connectivity index (χ0v) is 21.1. The van der Waals surface area contributed by atoms with Crippen molar-refractivity contribution >= 4 is 17.6 Å². The molecule has 36 heavy (non-hydrogen) atoms. The fourth-order valence-electron chi connectivity index (χ4n) is 4.72. The highest BCUT2D eigenvalue weighted by atomic mass is 19.1. The van der Waals surface area contributed by atoms with Gasteiger partial charge in [0, 0.05) is 24.1 Å². The molecule has 1 aliphatic carbocycles. The van der Waals surface area contributed by atoms with E-state index < -0.39 is 11.8 Å². The molecule has 0 saturated heterocycles. The molecule has 1 aliphatic rings. The molecule has 190 valence electrons. The van der Waals surface area contributed by atoms with Crippen LogP contribution in [0, 0.1) is 24.6 Å². The van der Waals surface area contributed by atoms with E-state index in [0.717, 1.165) is 43.5 Å². The highest BCUT2D eigenvalue weighted by Crippen LogP contribution is 2.37. The van der Waals surface area contributed by atoms with Gasteiger partial charge in [0.25, 0.3) is 0 Å². The molecule has 0 bridgehead atoms. The normalized spacial score (nSPS) is 17.7. The number of nitrogens with zero attached hydrogens (tertiary/aromatic N) is 3. The molecule has 2 aromatic carbocycles. The number of aryl methyl sites for hydroxylation is 1. The van der Waals surface area contributed by atoms with E-state index >= 15 is 4.39 Å². The quantitative estimate of drug-likeness (QED) is 0.413. The Hall–Kier alpha value is -3.68. The van der Waals surface area contributed by atoms with Crippen LogP contribution >= 0.6 is 0 Å². The lowest BCUT2D eigenvalue weighted by Crippen LogP contribution is -2.43. The fraction of sp³-hybridized carbons (Fsp3) is 0.393. The Kier molecular flexibility index (Phi) is 7.43. The second kappa shape index (κ2) is 10.5. The number of rotatable bonds is 7. The first-order chi connectivity index (χ1) is 17.2. The molecule has 1 N–H and O–H groups in total. The van der Waals surface area contributed by atoms with E-state index in [9.17, 15) is 14.7 Å². The largest absolute Gasteiger partial charge is 0.478 e. The van der Waals surface area contributed by atoms with Gasteiger partial charge in [0.1, 0.15) is 5.69 Å². The molecule has 7 nitrogen and oxygen atoms in total. The SMILES string of the molecule is Cc1nn(-c2ccccc2)cc1Oc1cc(C(=O)O)c(N(C(=O)C2CCC(C)CC2)C(C)C)cc1F. The second-order valence-electron chi connectivity index (χ2n) is 9.82. The number of anilines is 1. The first-order valence-electron chi connectivity index (χ1n) is 12.3. The number of hydrogen-bond acceptors (Lipinski definition) is 4. The van der Waals surface area contributed by atoms with Gasteiger partial charge in [0.2, 0.25) is 5.91 Å². The van der Waals surface area contributed by atoms with E-state index in [1.807, 2.05) is 30.3 Å². The maximum atomic E-state index is 15.3. The van der Waals surface area contributed by atoms with Crippen LogP contribution in [0.5, 0.6) is 11.5 Å². The van der Waals surface area contributed by atoms with Crippen molar-refractivity contribution in [2.75, 3.05) is 4.90 Å². The Morgan fingerprint density at radius 3 is 2.39 bits per heavy atom. The summed E-state index contributed by atoms with van der Waals surface area (Å²) in [6.07, 6.45) is 5.02. The van der Waals surface area contributed by atoms with Gasteiger partial charge in [-0.1, -0.05) is 25.1 Å². The number of hydrogen-bond donors (Lipinski definition) is 1. The number of benzene rings is 2. The maximum absolute atomic E-state index is 15.3. The molecule has 1 saturated carbocycles. The molecule has 0 atom stereocenters. The minimum atomic E-state index is -1.26. The lowest BCUT2D eigenvalue weighted by atomic mass is 9.82. The molecule has 3 aromatic rings. The van der Waals surface area contributed by atoms with Crippen molar-refractivity contribution in [3.8, 4) is 17.2 Å². The number of carboxylic acid groups (broad SMARTS) is 1. The Bertz CT molecular complexity index is 1250. The van der Waals surface area contributed by atoms with Crippen molar-refractivity contribution in [1.82, 2.24) is 9.78 Å². The number of ether oxygens (including phenoxy) is 1. The fourth-order valence-corrected chi connectivity index (χ4v) is 4.72. The van der Waals surface area contributed by atoms with Gasteiger partial charge in [0.05, 0.1) is 23.1 Å². The first-order valence-corrected chi connectivity index (χ1v) is 12.3. The van der Waals surface area contributed by atoms with Crippen LogP contribution in [0.2, 0.25) is 0 Å². The summed E-state index contributed by atoms with van der Waals surface area (Å²) in [4.78, 5) is 27.1. The van der Waals surface area contributed by atoms with Crippen molar-refractivity contribution in [3.63, 3.8) is 0 Å². The van der Waals surface area contributed by atoms with Crippen LogP contribution in [0.25, 0.3) is 5.69 Å². The van der Waals surface area contributed by atoms with Crippen LogP contribution in [0.4, 0.5) is 10.1 Å². The van der Waals surface area contributed by atoms with Crippen LogP contribution in [0.3, 0.4) is 0 Å². The van der Waals surface area contributed by atoms with Crippen molar-refractivity contribution in [1.29, 1.82) is 0 Å². The lowest BCUT2D eigenvalue weighted by Gasteiger charge is -2.34. The average Bonchev–Trinajstić information content (AvgIpc) is 3.21. The van der Waals surface area contributed by atoms with Gasteiger partial charge in [-0.3, -0.25) is 4.79 Å². The summed E-state index contributed by atoms with van der Waals surface area (Å²) in [5.41, 5.74) is 1.18. The van der Waals surface area contributed by atoms with E-state index in [2.05, 4.69) is 12.0 Å². The zero-order valence-electron chi connectivity index (χ0n) is 21.1. The molecule has 0 aliphatic heterocycles. The molecule has 0 unspecified atom stereocenters. The summed E-state index contributed by atoms with van der Waals surface area (Å²) in [6, 6.07) is 11.3. The van der Waals surface area contributed by atoms with E-state index in [0.29, 0.717) is 17.4 Å². The number of carbonyl (C=O) groups is 2. The smallest absolute Gasteiger partial charge is 0.337 e. The number of carbonyl (C=O) groups excluding carboxylic acids is 1. The van der Waals surface area contributed by atoms with Crippen LogP contribution in [-0.4, -0.2) is 32.8 Å². The van der Waals surface area contributed by atoms with Gasteiger partial charge in [-0.25, -0.2) is 13.9 Å². The first kappa shape index (κ1) is 25.4. The average molecular weight is 494 g/mol. The van der Waals surface area contributed by atoms with E-state index in [1.165, 1.54) is 4.90 Å². The van der Waals surface area contributed by atoms with Crippen molar-refractivity contribution in [3.05, 3.63) is 65.7 Å². The standard InChI is InChI=1S/C28H32FN3O4/c1-17(2)32(27(33)20-12-10-18(3)11-13-20)24-15-23(29)25(14-22(24)28(34)35)36-26-16-31(30-19(26)4)21-8-6-5-7-9-21/h5-9,14-18,20H,10-13H2,1-4H3,(H,34,35). The predicted molar refractivity (Wildman–Crippen MR) is 135 cm³/mol. The van der Waals surface area contributed by atoms with Gasteiger partial charge in [0.15, 0.2) is 17.3 Å². The molecule has 1 heterocycles. The molecule has 1 aromatic heterocycles. The zero-order chi connectivity index (χ0) is 26.0. The lowest BCUT2D eigenvalue weighted by molar-refractivity contribution is -0.123. The number of halogens is 1. The number of para-hydroxylation sites is 1. The summed E-state index contributed by atoms with van der Waals surface area (Å²) in [5.74, 6) is -1.74. The van der Waals surface area contributed by atoms with Crippen molar-refractivity contribution in [2.24, 2.45) is 11.8 Å². The Morgan fingerprint density at radius 1 is 1.11 bits per heavy atom. The van der Waals surface area contributed by atoms with Gasteiger partial charge in [-0.15, -0.1) is 0 Å². The van der Waals surface area contributed by atoms with Gasteiger partial charge in [-0.05, 0) is 64.5 Å². The van der Waals surface area contributed by atoms with Crippen molar-refractivity contribution in [2.45, 2.75) is 59.4 Å². The number of amides is 1. The molecule has 8 heteroatoms. The highest BCUT2D eigenvalue weighted by Gasteiger charge is 2.33. The molecule has 1 amide bonds. The number of aromatic nitrogens is 2. The molecule has 0 radical (unpaired) electrons. The predicted octanol–water partition coefficient (Wildman–Crippen LogP) is 6.38. The van der Waals surface area contributed by atoms with Gasteiger partial charge in [-0.2, -0.15) is 5.10 Å². The summed E-state index contributed by atoms with van der Waals surface area (Å²) in [7, 11) is 0. The minimum absolute atomic E-state index is 0.0441. The third-order valence-electron chi connectivity index (χ3n) is 6.75.